The van der Waals surface area contributed by atoms with E-state index in [2.05, 4.69) is 15.5 Å². The van der Waals surface area contributed by atoms with Crippen molar-refractivity contribution in [3.63, 3.8) is 0 Å². The van der Waals surface area contributed by atoms with Crippen LogP contribution in [0.1, 0.15) is 36.5 Å². The number of likely N-dealkylation sites (tertiary alicyclic amines) is 1. The fourth-order valence-corrected chi connectivity index (χ4v) is 4.54. The number of nitrogens with one attached hydrogen (secondary N) is 2. The van der Waals surface area contributed by atoms with E-state index in [1.165, 1.54) is 11.8 Å². The van der Waals surface area contributed by atoms with Gasteiger partial charge >= 0.3 is 0 Å². The molecule has 152 valence electrons. The normalized spacial score (nSPS) is 21.8. The van der Waals surface area contributed by atoms with Gasteiger partial charge < -0.3 is 15.5 Å². The van der Waals surface area contributed by atoms with Crippen molar-refractivity contribution in [1.82, 2.24) is 15.1 Å². The van der Waals surface area contributed by atoms with E-state index in [9.17, 15) is 14.4 Å². The lowest BCUT2D eigenvalue weighted by Crippen LogP contribution is -2.43. The molecular weight excluding hydrogens is 376 g/mol. The van der Waals surface area contributed by atoms with E-state index in [-0.39, 0.29) is 29.0 Å². The van der Waals surface area contributed by atoms with E-state index in [4.69, 9.17) is 0 Å². The van der Waals surface area contributed by atoms with Gasteiger partial charge in [-0.15, -0.1) is 11.8 Å². The van der Waals surface area contributed by atoms with Crippen LogP contribution in [0.4, 0.5) is 5.69 Å². The first-order valence-corrected chi connectivity index (χ1v) is 10.6. The molecule has 2 atom stereocenters. The molecule has 2 N–H and O–H groups in total. The highest BCUT2D eigenvalue weighted by Gasteiger charge is 2.31. The summed E-state index contributed by atoms with van der Waals surface area (Å²) >= 11 is 1.50. The largest absolute Gasteiger partial charge is 0.352 e. The monoisotopic (exact) mass is 404 g/mol. The summed E-state index contributed by atoms with van der Waals surface area (Å²) in [5.41, 5.74) is 1.24. The zero-order valence-electron chi connectivity index (χ0n) is 16.7. The second-order valence-corrected chi connectivity index (χ2v) is 8.88. The Hall–Kier alpha value is -2.06. The molecule has 2 heterocycles. The van der Waals surface area contributed by atoms with Crippen LogP contribution in [-0.2, 0) is 9.59 Å². The Bertz CT molecular complexity index is 768. The predicted molar refractivity (Wildman–Crippen MR) is 111 cm³/mol. The third kappa shape index (κ3) is 4.67. The molecule has 3 amide bonds. The second kappa shape index (κ2) is 8.96. The zero-order chi connectivity index (χ0) is 20.3. The molecule has 0 radical (unpaired) electrons. The van der Waals surface area contributed by atoms with Crippen LogP contribution in [0.5, 0.6) is 0 Å². The molecular formula is C20H28N4O3S. The maximum atomic E-state index is 12.4. The van der Waals surface area contributed by atoms with Crippen molar-refractivity contribution < 1.29 is 14.4 Å². The highest BCUT2D eigenvalue weighted by atomic mass is 32.2. The van der Waals surface area contributed by atoms with Crippen LogP contribution in [0.2, 0.25) is 0 Å². The lowest BCUT2D eigenvalue weighted by molar-refractivity contribution is -0.133. The molecule has 0 spiro atoms. The van der Waals surface area contributed by atoms with Gasteiger partial charge in [0.1, 0.15) is 0 Å². The number of hydrogen-bond donors (Lipinski definition) is 2. The number of carbonyl (C=O) groups is 3. The van der Waals surface area contributed by atoms with Crippen molar-refractivity contribution in [1.29, 1.82) is 0 Å². The van der Waals surface area contributed by atoms with E-state index in [0.717, 1.165) is 37.2 Å². The summed E-state index contributed by atoms with van der Waals surface area (Å²) in [7, 11) is 3.58. The first-order valence-electron chi connectivity index (χ1n) is 9.72. The summed E-state index contributed by atoms with van der Waals surface area (Å²) in [5.74, 6) is -0.0321. The van der Waals surface area contributed by atoms with Crippen LogP contribution in [0.25, 0.3) is 0 Å². The number of rotatable bonds is 6. The average molecular weight is 405 g/mol. The molecule has 0 aromatic heterocycles. The molecule has 1 fully saturated rings. The van der Waals surface area contributed by atoms with Crippen molar-refractivity contribution in [2.24, 2.45) is 0 Å². The van der Waals surface area contributed by atoms with Crippen LogP contribution in [0.15, 0.2) is 23.1 Å². The molecule has 28 heavy (non-hydrogen) atoms. The number of hydrogen-bond acceptors (Lipinski definition) is 5. The zero-order valence-corrected chi connectivity index (χ0v) is 17.5. The smallest absolute Gasteiger partial charge is 0.251 e. The van der Waals surface area contributed by atoms with Gasteiger partial charge in [-0.05, 0) is 50.9 Å². The lowest BCUT2D eigenvalue weighted by Gasteiger charge is -2.26. The molecule has 0 aliphatic carbocycles. The van der Waals surface area contributed by atoms with Gasteiger partial charge in [-0.1, -0.05) is 0 Å². The van der Waals surface area contributed by atoms with E-state index in [0.29, 0.717) is 17.8 Å². The number of thioether (sulfide) groups is 1. The van der Waals surface area contributed by atoms with Gasteiger partial charge in [0.2, 0.25) is 11.8 Å². The summed E-state index contributed by atoms with van der Waals surface area (Å²) in [4.78, 5) is 41.3. The molecule has 2 aliphatic rings. The lowest BCUT2D eigenvalue weighted by atomic mass is 10.1. The predicted octanol–water partition coefficient (Wildman–Crippen LogP) is 1.79. The summed E-state index contributed by atoms with van der Waals surface area (Å²) in [5, 5.41) is 5.66. The molecule has 2 aliphatic heterocycles. The SMILES string of the molecule is C[C@H]1Sc2ccc(C(=O)NCCCN3CCC[C@@H]3C(=O)N(C)C)cc2NC1=O. The molecule has 0 bridgehead atoms. The van der Waals surface area contributed by atoms with Crippen LogP contribution in [-0.4, -0.2) is 72.5 Å². The van der Waals surface area contributed by atoms with Crippen LogP contribution < -0.4 is 10.6 Å². The minimum absolute atomic E-state index is 0.0325. The minimum Gasteiger partial charge on any atom is -0.352 e. The second-order valence-electron chi connectivity index (χ2n) is 7.50. The topological polar surface area (TPSA) is 81.8 Å². The van der Waals surface area contributed by atoms with Gasteiger partial charge in [-0.2, -0.15) is 0 Å². The van der Waals surface area contributed by atoms with E-state index in [1.807, 2.05) is 13.0 Å². The van der Waals surface area contributed by atoms with Gasteiger partial charge in [0, 0.05) is 37.6 Å². The molecule has 8 heteroatoms. The summed E-state index contributed by atoms with van der Waals surface area (Å²) < 4.78 is 0. The molecule has 1 aromatic rings. The molecule has 3 rings (SSSR count). The molecule has 0 unspecified atom stereocenters. The molecule has 0 saturated carbocycles. The van der Waals surface area contributed by atoms with Gasteiger partial charge in [-0.3, -0.25) is 19.3 Å². The fraction of sp³-hybridized carbons (Fsp3) is 0.550. The maximum Gasteiger partial charge on any atom is 0.251 e. The summed E-state index contributed by atoms with van der Waals surface area (Å²) in [6.07, 6.45) is 2.73. The third-order valence-corrected chi connectivity index (χ3v) is 6.35. The Morgan fingerprint density at radius 1 is 1.36 bits per heavy atom. The van der Waals surface area contributed by atoms with Gasteiger partial charge in [0.25, 0.3) is 5.91 Å². The van der Waals surface area contributed by atoms with Crippen LogP contribution >= 0.6 is 11.8 Å². The Morgan fingerprint density at radius 3 is 2.89 bits per heavy atom. The fourth-order valence-electron chi connectivity index (χ4n) is 3.61. The summed E-state index contributed by atoms with van der Waals surface area (Å²) in [6, 6.07) is 5.37. The Balaban J connectivity index is 1.48. The van der Waals surface area contributed by atoms with Gasteiger partial charge in [-0.25, -0.2) is 0 Å². The number of carbonyl (C=O) groups excluding carboxylic acids is 3. The number of amides is 3. The third-order valence-electron chi connectivity index (χ3n) is 5.17. The Labute approximate surface area is 170 Å². The quantitative estimate of drug-likeness (QED) is 0.707. The summed E-state index contributed by atoms with van der Waals surface area (Å²) in [6.45, 7) is 4.13. The number of benzene rings is 1. The average Bonchev–Trinajstić information content (AvgIpc) is 3.13. The van der Waals surface area contributed by atoms with Crippen molar-refractivity contribution in [2.45, 2.75) is 42.4 Å². The number of nitrogens with zero attached hydrogens (tertiary/aromatic N) is 2. The first-order chi connectivity index (χ1) is 13.4. The van der Waals surface area contributed by atoms with Crippen LogP contribution in [0.3, 0.4) is 0 Å². The first kappa shape index (κ1) is 20.7. The Kier molecular flexibility index (Phi) is 6.61. The van der Waals surface area contributed by atoms with Crippen LogP contribution in [0, 0.1) is 0 Å². The van der Waals surface area contributed by atoms with E-state index < -0.39 is 0 Å². The highest BCUT2D eigenvalue weighted by molar-refractivity contribution is 8.00. The minimum atomic E-state index is -0.150. The van der Waals surface area contributed by atoms with Crippen molar-refractivity contribution in [3.8, 4) is 0 Å². The van der Waals surface area contributed by atoms with Crippen molar-refractivity contribution >= 4 is 35.2 Å². The van der Waals surface area contributed by atoms with E-state index >= 15 is 0 Å². The Morgan fingerprint density at radius 2 is 2.14 bits per heavy atom. The van der Waals surface area contributed by atoms with Crippen molar-refractivity contribution in [2.75, 3.05) is 39.0 Å². The number of fused-ring (bicyclic) bond motifs is 1. The standard InChI is InChI=1S/C20H28N4O3S/c1-13-18(25)22-15-12-14(7-8-17(15)28-13)19(26)21-9-5-11-24-10-4-6-16(24)20(27)23(2)3/h7-8,12-13,16H,4-6,9-11H2,1-3H3,(H,21,26)(H,22,25)/t13-,16-/m1/s1. The van der Waals surface area contributed by atoms with Gasteiger partial charge in [0.15, 0.2) is 0 Å². The van der Waals surface area contributed by atoms with Gasteiger partial charge in [0.05, 0.1) is 17.0 Å². The maximum absolute atomic E-state index is 12.4. The van der Waals surface area contributed by atoms with Crippen molar-refractivity contribution in [3.05, 3.63) is 23.8 Å². The molecule has 1 aromatic carbocycles. The molecule has 7 nitrogen and oxygen atoms in total. The molecule has 1 saturated heterocycles. The number of anilines is 1. The van der Waals surface area contributed by atoms with E-state index in [1.54, 1.807) is 31.1 Å². The number of likely N-dealkylation sites (N-methyl/N-ethyl adjacent to an activating group) is 1. The highest BCUT2D eigenvalue weighted by Crippen LogP contribution is 2.35.